The van der Waals surface area contributed by atoms with Crippen LogP contribution < -0.4 is 15.1 Å². The molecule has 1 saturated heterocycles. The molecular weight excluding hydrogens is 476 g/mol. The van der Waals surface area contributed by atoms with Crippen LogP contribution in [0.5, 0.6) is 0 Å². The van der Waals surface area contributed by atoms with Gasteiger partial charge in [-0.25, -0.2) is 4.98 Å². The van der Waals surface area contributed by atoms with Crippen molar-refractivity contribution in [2.75, 3.05) is 67.7 Å². The summed E-state index contributed by atoms with van der Waals surface area (Å²) in [6.07, 6.45) is 0. The van der Waals surface area contributed by atoms with E-state index < -0.39 is 0 Å². The summed E-state index contributed by atoms with van der Waals surface area (Å²) in [7, 11) is 4.02. The van der Waals surface area contributed by atoms with Gasteiger partial charge in [0.25, 0.3) is 0 Å². The Morgan fingerprint density at radius 3 is 2.56 bits per heavy atom. The van der Waals surface area contributed by atoms with E-state index >= 15 is 0 Å². The molecule has 192 valence electrons. The molecular formula is C26H34N6O3S. The van der Waals surface area contributed by atoms with Gasteiger partial charge in [0.1, 0.15) is 17.3 Å². The zero-order valence-electron chi connectivity index (χ0n) is 21.1. The van der Waals surface area contributed by atoms with Crippen LogP contribution in [-0.4, -0.2) is 67.4 Å². The first-order valence-corrected chi connectivity index (χ1v) is 13.3. The molecule has 1 aliphatic heterocycles. The van der Waals surface area contributed by atoms with Gasteiger partial charge < -0.3 is 24.4 Å². The van der Waals surface area contributed by atoms with E-state index in [-0.39, 0.29) is 10.6 Å². The zero-order valence-corrected chi connectivity index (χ0v) is 22.0. The van der Waals surface area contributed by atoms with Crippen molar-refractivity contribution in [1.82, 2.24) is 9.88 Å². The number of piperazine rings is 1. The van der Waals surface area contributed by atoms with Crippen molar-refractivity contribution in [3.05, 3.63) is 75.7 Å². The van der Waals surface area contributed by atoms with Gasteiger partial charge >= 0.3 is 5.69 Å². The van der Waals surface area contributed by atoms with Crippen LogP contribution in [0, 0.1) is 17.0 Å². The van der Waals surface area contributed by atoms with E-state index in [0.29, 0.717) is 12.4 Å². The van der Waals surface area contributed by atoms with Crippen molar-refractivity contribution >= 4 is 34.8 Å². The fourth-order valence-corrected chi connectivity index (χ4v) is 4.97. The molecule has 10 heteroatoms. The van der Waals surface area contributed by atoms with Crippen molar-refractivity contribution < 1.29 is 9.34 Å². The highest BCUT2D eigenvalue weighted by Gasteiger charge is 2.22. The second-order valence-corrected chi connectivity index (χ2v) is 10.3. The topological polar surface area (TPSA) is 90.9 Å². The quantitative estimate of drug-likeness (QED) is 0.225. The molecule has 0 bridgehead atoms. The fourth-order valence-electron chi connectivity index (χ4n) is 4.22. The molecule has 0 spiro atoms. The summed E-state index contributed by atoms with van der Waals surface area (Å²) >= 11 is 1.72. The molecule has 0 radical (unpaired) electrons. The Kier molecular flexibility index (Phi) is 8.71. The first-order valence-electron chi connectivity index (χ1n) is 12.1. The third-order valence-corrected chi connectivity index (χ3v) is 6.98. The van der Waals surface area contributed by atoms with E-state index in [9.17, 15) is 10.1 Å². The standard InChI is InChI=1S/C26H34N6O3S/c1-20-5-4-6-21(17-20)30-12-14-31(15-13-30)25-10-9-24(32(33)34)26(28-25)27-11-16-36-19-23-8-7-22(35-23)18-29(2)3/h4-10,17H,11-16,18-19H2,1-3H3,(H,27,28). The van der Waals surface area contributed by atoms with Gasteiger partial charge in [-0.15, -0.1) is 0 Å². The van der Waals surface area contributed by atoms with Crippen LogP contribution in [0.4, 0.5) is 23.0 Å². The summed E-state index contributed by atoms with van der Waals surface area (Å²) in [5, 5.41) is 14.8. The van der Waals surface area contributed by atoms with E-state index in [2.05, 4.69) is 56.2 Å². The van der Waals surface area contributed by atoms with Gasteiger partial charge in [0.2, 0.25) is 5.82 Å². The Bertz CT molecular complexity index is 1160. The summed E-state index contributed by atoms with van der Waals surface area (Å²) in [6.45, 7) is 6.84. The lowest BCUT2D eigenvalue weighted by Gasteiger charge is -2.37. The third kappa shape index (κ3) is 6.92. The number of nitrogens with one attached hydrogen (secondary N) is 1. The molecule has 3 heterocycles. The Hall–Kier alpha value is -3.24. The number of aryl methyl sites for hydroxylation is 1. The maximum atomic E-state index is 11.6. The molecule has 2 aromatic heterocycles. The number of nitrogens with zero attached hydrogens (tertiary/aromatic N) is 5. The Morgan fingerprint density at radius 1 is 1.08 bits per heavy atom. The van der Waals surface area contributed by atoms with Crippen LogP contribution >= 0.6 is 11.8 Å². The van der Waals surface area contributed by atoms with Crippen molar-refractivity contribution in [2.24, 2.45) is 0 Å². The second kappa shape index (κ2) is 12.1. The number of aromatic nitrogens is 1. The van der Waals surface area contributed by atoms with Crippen LogP contribution in [0.25, 0.3) is 0 Å². The molecule has 36 heavy (non-hydrogen) atoms. The van der Waals surface area contributed by atoms with E-state index in [0.717, 1.165) is 61.6 Å². The van der Waals surface area contributed by atoms with Gasteiger partial charge in [-0.1, -0.05) is 12.1 Å². The van der Waals surface area contributed by atoms with Gasteiger partial charge in [-0.05, 0) is 56.9 Å². The number of nitro groups is 1. The minimum Gasteiger partial charge on any atom is -0.464 e. The number of rotatable bonds is 11. The molecule has 1 N–H and O–H groups in total. The molecule has 1 aromatic carbocycles. The maximum absolute atomic E-state index is 11.6. The van der Waals surface area contributed by atoms with E-state index in [1.165, 1.54) is 11.3 Å². The Morgan fingerprint density at radius 2 is 1.83 bits per heavy atom. The summed E-state index contributed by atoms with van der Waals surface area (Å²) in [5.74, 6) is 4.52. The summed E-state index contributed by atoms with van der Waals surface area (Å²) in [4.78, 5) is 22.5. The molecule has 3 aromatic rings. The number of hydrogen-bond donors (Lipinski definition) is 1. The van der Waals surface area contributed by atoms with E-state index in [4.69, 9.17) is 4.42 Å². The Balaban J connectivity index is 1.30. The summed E-state index contributed by atoms with van der Waals surface area (Å²) in [6, 6.07) is 15.9. The number of furan rings is 1. The van der Waals surface area contributed by atoms with Gasteiger partial charge in [-0.3, -0.25) is 10.1 Å². The molecule has 0 unspecified atom stereocenters. The van der Waals surface area contributed by atoms with E-state index in [1.807, 2.05) is 26.2 Å². The lowest BCUT2D eigenvalue weighted by Crippen LogP contribution is -2.46. The molecule has 4 rings (SSSR count). The van der Waals surface area contributed by atoms with Gasteiger partial charge in [0.05, 0.1) is 17.2 Å². The van der Waals surface area contributed by atoms with Crippen LogP contribution in [0.2, 0.25) is 0 Å². The van der Waals surface area contributed by atoms with Crippen molar-refractivity contribution in [3.63, 3.8) is 0 Å². The minimum absolute atomic E-state index is 0.00140. The van der Waals surface area contributed by atoms with Gasteiger partial charge in [-0.2, -0.15) is 11.8 Å². The van der Waals surface area contributed by atoms with Crippen molar-refractivity contribution in [2.45, 2.75) is 19.2 Å². The SMILES string of the molecule is Cc1cccc(N2CCN(c3ccc([N+](=O)[O-])c(NCCSCc4ccc(CN(C)C)o4)n3)CC2)c1. The normalized spacial score (nSPS) is 13.9. The first kappa shape index (κ1) is 25.8. The first-order chi connectivity index (χ1) is 17.4. The van der Waals surface area contributed by atoms with Crippen molar-refractivity contribution in [3.8, 4) is 0 Å². The largest absolute Gasteiger partial charge is 0.464 e. The van der Waals surface area contributed by atoms with Crippen LogP contribution in [0.3, 0.4) is 0 Å². The average Bonchev–Trinajstić information content (AvgIpc) is 3.30. The number of benzene rings is 1. The van der Waals surface area contributed by atoms with Gasteiger partial charge in [0, 0.05) is 50.2 Å². The highest BCUT2D eigenvalue weighted by Crippen LogP contribution is 2.27. The average molecular weight is 511 g/mol. The second-order valence-electron chi connectivity index (χ2n) is 9.19. The zero-order chi connectivity index (χ0) is 25.5. The number of thioether (sulfide) groups is 1. The molecule has 9 nitrogen and oxygen atoms in total. The van der Waals surface area contributed by atoms with Crippen molar-refractivity contribution in [1.29, 1.82) is 0 Å². The van der Waals surface area contributed by atoms with Crippen LogP contribution in [0.1, 0.15) is 17.1 Å². The van der Waals surface area contributed by atoms with Crippen LogP contribution in [-0.2, 0) is 12.3 Å². The minimum atomic E-state index is -0.378. The molecule has 1 aliphatic rings. The Labute approximate surface area is 216 Å². The predicted octanol–water partition coefficient (Wildman–Crippen LogP) is 4.62. The number of pyridine rings is 1. The molecule has 1 fully saturated rings. The number of hydrogen-bond acceptors (Lipinski definition) is 9. The molecule has 0 aliphatic carbocycles. The lowest BCUT2D eigenvalue weighted by atomic mass is 10.2. The molecule has 0 saturated carbocycles. The monoisotopic (exact) mass is 510 g/mol. The summed E-state index contributed by atoms with van der Waals surface area (Å²) in [5.41, 5.74) is 2.48. The van der Waals surface area contributed by atoms with Crippen LogP contribution in [0.15, 0.2) is 52.9 Å². The predicted molar refractivity (Wildman–Crippen MR) is 147 cm³/mol. The third-order valence-electron chi connectivity index (χ3n) is 6.00. The highest BCUT2D eigenvalue weighted by atomic mass is 32.2. The fraction of sp³-hybridized carbons (Fsp3) is 0.423. The molecule has 0 atom stereocenters. The maximum Gasteiger partial charge on any atom is 0.311 e. The molecule has 0 amide bonds. The smallest absolute Gasteiger partial charge is 0.311 e. The summed E-state index contributed by atoms with van der Waals surface area (Å²) < 4.78 is 5.84. The lowest BCUT2D eigenvalue weighted by molar-refractivity contribution is -0.384. The highest BCUT2D eigenvalue weighted by molar-refractivity contribution is 7.98. The van der Waals surface area contributed by atoms with Gasteiger partial charge in [0.15, 0.2) is 0 Å². The number of anilines is 3. The van der Waals surface area contributed by atoms with E-state index in [1.54, 1.807) is 23.9 Å².